The second kappa shape index (κ2) is 6.31. The highest BCUT2D eigenvalue weighted by atomic mass is 79.9. The lowest BCUT2D eigenvalue weighted by molar-refractivity contribution is -0.133. The number of likely N-dealkylation sites (N-methyl/N-ethyl adjacent to an activating group) is 1. The zero-order valence-electron chi connectivity index (χ0n) is 11.4. The van der Waals surface area contributed by atoms with Crippen LogP contribution in [0.5, 0.6) is 5.75 Å². The first kappa shape index (κ1) is 16.2. The number of benzene rings is 1. The first-order valence-electron chi connectivity index (χ1n) is 6.32. The number of carbonyl (C=O) groups is 1. The summed E-state index contributed by atoms with van der Waals surface area (Å²) in [5, 5.41) is 0. The molecule has 116 valence electrons. The molecule has 21 heavy (non-hydrogen) atoms. The maximum atomic E-state index is 12.9. The van der Waals surface area contributed by atoms with Crippen LogP contribution in [0.25, 0.3) is 0 Å². The Morgan fingerprint density at radius 3 is 2.81 bits per heavy atom. The van der Waals surface area contributed by atoms with Crippen molar-refractivity contribution in [2.24, 2.45) is 0 Å². The Morgan fingerprint density at radius 1 is 1.52 bits per heavy atom. The van der Waals surface area contributed by atoms with Crippen molar-refractivity contribution < 1.29 is 22.3 Å². The molecule has 0 aliphatic carbocycles. The van der Waals surface area contributed by atoms with Crippen LogP contribution >= 0.6 is 15.9 Å². The molecule has 1 atom stereocenters. The molecule has 5 nitrogen and oxygen atoms in total. The number of nitrogens with zero attached hydrogens (tertiary/aromatic N) is 1. The summed E-state index contributed by atoms with van der Waals surface area (Å²) in [5.74, 6) is -0.255. The molecular weight excluding hydrogens is 365 g/mol. The molecule has 0 saturated carbocycles. The van der Waals surface area contributed by atoms with Gasteiger partial charge in [0.05, 0.1) is 16.0 Å². The van der Waals surface area contributed by atoms with E-state index < -0.39 is 15.7 Å². The SMILES string of the molecule is CN(C(=O)COc1ccc(F)cc1Br)C1CCS(=O)(=O)C1. The minimum atomic E-state index is -3.04. The van der Waals surface area contributed by atoms with Crippen molar-refractivity contribution in [3.8, 4) is 5.75 Å². The monoisotopic (exact) mass is 379 g/mol. The molecule has 8 heteroatoms. The minimum Gasteiger partial charge on any atom is -0.483 e. The van der Waals surface area contributed by atoms with Gasteiger partial charge in [-0.1, -0.05) is 0 Å². The maximum Gasteiger partial charge on any atom is 0.260 e. The van der Waals surface area contributed by atoms with E-state index in [0.29, 0.717) is 16.6 Å². The van der Waals surface area contributed by atoms with Gasteiger partial charge < -0.3 is 9.64 Å². The number of rotatable bonds is 4. The average molecular weight is 380 g/mol. The molecule has 0 bridgehead atoms. The number of carbonyl (C=O) groups excluding carboxylic acids is 1. The largest absolute Gasteiger partial charge is 0.483 e. The van der Waals surface area contributed by atoms with Crippen LogP contribution < -0.4 is 4.74 Å². The quantitative estimate of drug-likeness (QED) is 0.797. The van der Waals surface area contributed by atoms with Crippen molar-refractivity contribution in [3.63, 3.8) is 0 Å². The number of hydrogen-bond acceptors (Lipinski definition) is 4. The first-order chi connectivity index (χ1) is 9.78. The van der Waals surface area contributed by atoms with Gasteiger partial charge in [0.1, 0.15) is 11.6 Å². The summed E-state index contributed by atoms with van der Waals surface area (Å²) in [6.07, 6.45) is 0.449. The summed E-state index contributed by atoms with van der Waals surface area (Å²) in [5.41, 5.74) is 0. The first-order valence-corrected chi connectivity index (χ1v) is 8.94. The Kier molecular flexibility index (Phi) is 4.88. The van der Waals surface area contributed by atoms with Gasteiger partial charge in [-0.2, -0.15) is 0 Å². The highest BCUT2D eigenvalue weighted by molar-refractivity contribution is 9.10. The van der Waals surface area contributed by atoms with Crippen molar-refractivity contribution in [1.29, 1.82) is 0 Å². The van der Waals surface area contributed by atoms with Crippen LogP contribution in [0.4, 0.5) is 4.39 Å². The van der Waals surface area contributed by atoms with Crippen LogP contribution in [0.2, 0.25) is 0 Å². The lowest BCUT2D eigenvalue weighted by atomic mass is 10.2. The van der Waals surface area contributed by atoms with Crippen LogP contribution in [-0.4, -0.2) is 50.4 Å². The molecule has 1 aromatic carbocycles. The summed E-state index contributed by atoms with van der Waals surface area (Å²) in [4.78, 5) is 13.4. The van der Waals surface area contributed by atoms with Crippen LogP contribution in [-0.2, 0) is 14.6 Å². The van der Waals surface area contributed by atoms with E-state index >= 15 is 0 Å². The molecule has 2 rings (SSSR count). The molecule has 1 unspecified atom stereocenters. The Bertz CT molecular complexity index is 650. The van der Waals surface area contributed by atoms with Gasteiger partial charge in [0.15, 0.2) is 16.4 Å². The normalized spacial score (nSPS) is 20.2. The van der Waals surface area contributed by atoms with Gasteiger partial charge in [-0.15, -0.1) is 0 Å². The van der Waals surface area contributed by atoms with Crippen LogP contribution in [0.1, 0.15) is 6.42 Å². The fraction of sp³-hybridized carbons (Fsp3) is 0.462. The molecule has 1 aliphatic rings. The molecule has 0 aromatic heterocycles. The predicted molar refractivity (Wildman–Crippen MR) is 79.4 cm³/mol. The Hall–Kier alpha value is -1.15. The topological polar surface area (TPSA) is 63.7 Å². The minimum absolute atomic E-state index is 0.00448. The number of amides is 1. The van der Waals surface area contributed by atoms with E-state index in [1.165, 1.54) is 23.1 Å². The van der Waals surface area contributed by atoms with E-state index in [1.807, 2.05) is 0 Å². The second-order valence-electron chi connectivity index (χ2n) is 4.92. The van der Waals surface area contributed by atoms with Gasteiger partial charge in [0, 0.05) is 13.1 Å². The van der Waals surface area contributed by atoms with Crippen molar-refractivity contribution in [1.82, 2.24) is 4.90 Å². The van der Waals surface area contributed by atoms with E-state index in [0.717, 1.165) is 0 Å². The van der Waals surface area contributed by atoms with Crippen molar-refractivity contribution in [3.05, 3.63) is 28.5 Å². The van der Waals surface area contributed by atoms with Crippen LogP contribution in [0.15, 0.2) is 22.7 Å². The smallest absolute Gasteiger partial charge is 0.260 e. The Morgan fingerprint density at radius 2 is 2.24 bits per heavy atom. The predicted octanol–water partition coefficient (Wildman–Crippen LogP) is 1.61. The third-order valence-electron chi connectivity index (χ3n) is 3.39. The highest BCUT2D eigenvalue weighted by Gasteiger charge is 2.32. The van der Waals surface area contributed by atoms with Gasteiger partial charge in [-0.05, 0) is 40.5 Å². The van der Waals surface area contributed by atoms with E-state index in [1.54, 1.807) is 7.05 Å². The fourth-order valence-electron chi connectivity index (χ4n) is 2.12. The summed E-state index contributed by atoms with van der Waals surface area (Å²) in [7, 11) is -1.47. The van der Waals surface area contributed by atoms with Gasteiger partial charge in [0.25, 0.3) is 5.91 Å². The summed E-state index contributed by atoms with van der Waals surface area (Å²) >= 11 is 3.15. The van der Waals surface area contributed by atoms with E-state index in [9.17, 15) is 17.6 Å². The van der Waals surface area contributed by atoms with Crippen molar-refractivity contribution in [2.45, 2.75) is 12.5 Å². The zero-order valence-corrected chi connectivity index (χ0v) is 13.8. The second-order valence-corrected chi connectivity index (χ2v) is 8.01. The molecule has 1 fully saturated rings. The van der Waals surface area contributed by atoms with Gasteiger partial charge >= 0.3 is 0 Å². The third kappa shape index (κ3) is 4.16. The van der Waals surface area contributed by atoms with Gasteiger partial charge in [-0.3, -0.25) is 4.79 Å². The van der Waals surface area contributed by atoms with E-state index in [4.69, 9.17) is 4.74 Å². The van der Waals surface area contributed by atoms with Crippen LogP contribution in [0, 0.1) is 5.82 Å². The lowest BCUT2D eigenvalue weighted by Gasteiger charge is -2.23. The molecule has 0 N–H and O–H groups in total. The third-order valence-corrected chi connectivity index (χ3v) is 5.76. The van der Waals surface area contributed by atoms with Crippen LogP contribution in [0.3, 0.4) is 0 Å². The van der Waals surface area contributed by atoms with Gasteiger partial charge in [-0.25, -0.2) is 12.8 Å². The molecule has 1 aromatic rings. The van der Waals surface area contributed by atoms with Crippen molar-refractivity contribution >= 4 is 31.7 Å². The van der Waals surface area contributed by atoms with Crippen molar-refractivity contribution in [2.75, 3.05) is 25.2 Å². The average Bonchev–Trinajstić information content (AvgIpc) is 2.77. The summed E-state index contributed by atoms with van der Waals surface area (Å²) in [6.45, 7) is -0.225. The Labute approximate surface area is 131 Å². The number of hydrogen-bond donors (Lipinski definition) is 0. The maximum absolute atomic E-state index is 12.9. The van der Waals surface area contributed by atoms with E-state index in [2.05, 4.69) is 15.9 Å². The fourth-order valence-corrected chi connectivity index (χ4v) is 4.36. The van der Waals surface area contributed by atoms with Gasteiger partial charge in [0.2, 0.25) is 0 Å². The molecule has 1 amide bonds. The molecular formula is C13H15BrFNO4S. The molecule has 0 spiro atoms. The van der Waals surface area contributed by atoms with E-state index in [-0.39, 0.29) is 30.1 Å². The molecule has 0 radical (unpaired) electrons. The standard InChI is InChI=1S/C13H15BrFNO4S/c1-16(10-4-5-21(18,19)8-10)13(17)7-20-12-3-2-9(15)6-11(12)14/h2-3,6,10H,4-5,7-8H2,1H3. The Balaban J connectivity index is 1.92. The summed E-state index contributed by atoms with van der Waals surface area (Å²) in [6, 6.07) is 3.60. The number of halogens is 2. The number of ether oxygens (including phenoxy) is 1. The lowest BCUT2D eigenvalue weighted by Crippen LogP contribution is -2.40. The molecule has 1 saturated heterocycles. The number of sulfone groups is 1. The molecule has 1 aliphatic heterocycles. The highest BCUT2D eigenvalue weighted by Crippen LogP contribution is 2.25. The summed E-state index contributed by atoms with van der Waals surface area (Å²) < 4.78 is 41.5. The zero-order chi connectivity index (χ0) is 15.6. The molecule has 1 heterocycles.